The van der Waals surface area contributed by atoms with E-state index < -0.39 is 0 Å². The molecule has 2 aromatic heterocycles. The lowest BCUT2D eigenvalue weighted by molar-refractivity contribution is 0.555. The monoisotopic (exact) mass is 321 g/mol. The second-order valence-electron chi connectivity index (χ2n) is 3.75. The molecule has 0 amide bonds. The number of tetrazole rings is 1. The number of nitrogens with zero attached hydrogens (tertiary/aromatic N) is 5. The number of nitrogens with one attached hydrogen (secondary N) is 2. The first-order valence-electron chi connectivity index (χ1n) is 5.38. The summed E-state index contributed by atoms with van der Waals surface area (Å²) in [6, 6.07) is 7.60. The van der Waals surface area contributed by atoms with E-state index in [0.717, 1.165) is 10.0 Å². The first kappa shape index (κ1) is 11.8. The highest BCUT2D eigenvalue weighted by atomic mass is 79.9. The van der Waals surface area contributed by atoms with Crippen molar-refractivity contribution in [2.24, 2.45) is 0 Å². The lowest BCUT2D eigenvalue weighted by Gasteiger charge is -1.97. The maximum absolute atomic E-state index is 10.9. The third-order valence-electron chi connectivity index (χ3n) is 2.41. The Hall–Kier alpha value is -2.29. The van der Waals surface area contributed by atoms with Crippen LogP contribution in [0.25, 0.3) is 11.4 Å². The summed E-state index contributed by atoms with van der Waals surface area (Å²) >= 11 is 3.43. The lowest BCUT2D eigenvalue weighted by Crippen LogP contribution is -2.07. The van der Waals surface area contributed by atoms with Crippen molar-refractivity contribution in [1.82, 2.24) is 35.4 Å². The highest BCUT2D eigenvalue weighted by Crippen LogP contribution is 2.24. The number of halogens is 1. The quantitative estimate of drug-likeness (QED) is 0.733. The maximum atomic E-state index is 10.9. The molecule has 0 saturated heterocycles. The minimum Gasteiger partial charge on any atom is -0.291 e. The molecule has 0 atom stereocenters. The standard InChI is InChI=1S/C10H8BrN7O/c11-7-4-2-1-3-6(7)9-14-17-18(16-9)5-8-12-10(19)15-13-8/h1-4H,5H2,(H2,12,13,15,19). The van der Waals surface area contributed by atoms with Crippen LogP contribution >= 0.6 is 15.9 Å². The Labute approximate surface area is 115 Å². The number of aromatic amines is 2. The Morgan fingerprint density at radius 2 is 2.16 bits per heavy atom. The Morgan fingerprint density at radius 1 is 1.32 bits per heavy atom. The largest absolute Gasteiger partial charge is 0.340 e. The van der Waals surface area contributed by atoms with E-state index in [9.17, 15) is 4.79 Å². The molecule has 9 heteroatoms. The van der Waals surface area contributed by atoms with Crippen molar-refractivity contribution in [2.75, 3.05) is 0 Å². The van der Waals surface area contributed by atoms with Gasteiger partial charge in [0, 0.05) is 10.0 Å². The fourth-order valence-electron chi connectivity index (χ4n) is 1.57. The van der Waals surface area contributed by atoms with Gasteiger partial charge in [-0.3, -0.25) is 4.98 Å². The van der Waals surface area contributed by atoms with Gasteiger partial charge in [-0.1, -0.05) is 28.1 Å². The van der Waals surface area contributed by atoms with Crippen LogP contribution in [-0.4, -0.2) is 35.4 Å². The number of hydrogen-bond acceptors (Lipinski definition) is 5. The summed E-state index contributed by atoms with van der Waals surface area (Å²) in [6.45, 7) is 0.246. The van der Waals surface area contributed by atoms with Gasteiger partial charge in [-0.2, -0.15) is 9.90 Å². The summed E-state index contributed by atoms with van der Waals surface area (Å²) in [4.78, 5) is 14.8. The van der Waals surface area contributed by atoms with E-state index in [0.29, 0.717) is 11.6 Å². The summed E-state index contributed by atoms with van der Waals surface area (Å²) in [5, 5.41) is 18.2. The topological polar surface area (TPSA) is 105 Å². The van der Waals surface area contributed by atoms with Gasteiger partial charge in [-0.15, -0.1) is 10.2 Å². The van der Waals surface area contributed by atoms with Crippen LogP contribution in [0.3, 0.4) is 0 Å². The zero-order valence-electron chi connectivity index (χ0n) is 9.54. The van der Waals surface area contributed by atoms with Gasteiger partial charge in [0.1, 0.15) is 6.54 Å². The SMILES string of the molecule is O=c1[nH]nc(Cn2nnc(-c3ccccc3Br)n2)[nH]1. The molecule has 0 fully saturated rings. The van der Waals surface area contributed by atoms with Crippen molar-refractivity contribution in [3.63, 3.8) is 0 Å². The van der Waals surface area contributed by atoms with Gasteiger partial charge in [-0.25, -0.2) is 9.89 Å². The zero-order valence-corrected chi connectivity index (χ0v) is 11.1. The van der Waals surface area contributed by atoms with E-state index in [-0.39, 0.29) is 12.2 Å². The molecule has 2 heterocycles. The molecule has 0 aliphatic rings. The smallest absolute Gasteiger partial charge is 0.291 e. The first-order valence-corrected chi connectivity index (χ1v) is 6.18. The Bertz CT molecular complexity index is 759. The second kappa shape index (κ2) is 4.76. The predicted molar refractivity (Wildman–Crippen MR) is 69.3 cm³/mol. The number of aromatic nitrogens is 7. The number of H-pyrrole nitrogens is 2. The third kappa shape index (κ3) is 2.45. The van der Waals surface area contributed by atoms with E-state index in [1.54, 1.807) is 0 Å². The van der Waals surface area contributed by atoms with Crippen LogP contribution in [0.1, 0.15) is 5.82 Å². The molecular weight excluding hydrogens is 314 g/mol. The van der Waals surface area contributed by atoms with Crippen LogP contribution in [-0.2, 0) is 6.54 Å². The van der Waals surface area contributed by atoms with Crippen molar-refractivity contribution < 1.29 is 0 Å². The van der Waals surface area contributed by atoms with Crippen LogP contribution < -0.4 is 5.69 Å². The van der Waals surface area contributed by atoms with E-state index in [1.165, 1.54) is 4.80 Å². The Balaban J connectivity index is 1.88. The molecule has 3 rings (SSSR count). The summed E-state index contributed by atoms with van der Waals surface area (Å²) in [5.74, 6) is 0.950. The predicted octanol–water partition coefficient (Wildman–Crippen LogP) is 0.562. The van der Waals surface area contributed by atoms with Gasteiger partial charge >= 0.3 is 5.69 Å². The van der Waals surface area contributed by atoms with Crippen LogP contribution in [0.2, 0.25) is 0 Å². The van der Waals surface area contributed by atoms with Crippen LogP contribution in [0, 0.1) is 0 Å². The summed E-state index contributed by atoms with van der Waals surface area (Å²) in [6.07, 6.45) is 0. The minimum absolute atomic E-state index is 0.246. The molecule has 1 aromatic carbocycles. The average molecular weight is 322 g/mol. The van der Waals surface area contributed by atoms with Crippen LogP contribution in [0.5, 0.6) is 0 Å². The highest BCUT2D eigenvalue weighted by molar-refractivity contribution is 9.10. The van der Waals surface area contributed by atoms with Gasteiger partial charge in [0.15, 0.2) is 5.82 Å². The summed E-state index contributed by atoms with van der Waals surface area (Å²) in [7, 11) is 0. The molecule has 96 valence electrons. The molecule has 0 radical (unpaired) electrons. The number of hydrogen-bond donors (Lipinski definition) is 2. The van der Waals surface area contributed by atoms with Crippen molar-refractivity contribution in [3.8, 4) is 11.4 Å². The number of benzene rings is 1. The van der Waals surface area contributed by atoms with Gasteiger partial charge in [0.25, 0.3) is 0 Å². The maximum Gasteiger partial charge on any atom is 0.340 e. The summed E-state index contributed by atoms with van der Waals surface area (Å²) < 4.78 is 0.891. The molecule has 8 nitrogen and oxygen atoms in total. The molecule has 0 saturated carbocycles. The lowest BCUT2D eigenvalue weighted by atomic mass is 10.2. The first-order chi connectivity index (χ1) is 9.22. The molecule has 0 unspecified atom stereocenters. The Morgan fingerprint density at radius 3 is 2.89 bits per heavy atom. The average Bonchev–Trinajstić information content (AvgIpc) is 3.00. The van der Waals surface area contributed by atoms with E-state index in [2.05, 4.69) is 46.5 Å². The molecular formula is C10H8BrN7O. The van der Waals surface area contributed by atoms with E-state index in [1.807, 2.05) is 24.3 Å². The van der Waals surface area contributed by atoms with E-state index in [4.69, 9.17) is 0 Å². The molecule has 0 spiro atoms. The van der Waals surface area contributed by atoms with Gasteiger partial charge in [0.2, 0.25) is 5.82 Å². The highest BCUT2D eigenvalue weighted by Gasteiger charge is 2.10. The number of rotatable bonds is 3. The van der Waals surface area contributed by atoms with Crippen molar-refractivity contribution >= 4 is 15.9 Å². The van der Waals surface area contributed by atoms with E-state index >= 15 is 0 Å². The van der Waals surface area contributed by atoms with Crippen molar-refractivity contribution in [3.05, 3.63) is 45.0 Å². The minimum atomic E-state index is -0.360. The molecule has 3 aromatic rings. The third-order valence-corrected chi connectivity index (χ3v) is 3.10. The summed E-state index contributed by atoms with van der Waals surface area (Å²) in [5.41, 5.74) is 0.491. The molecule has 0 aliphatic heterocycles. The molecule has 0 aliphatic carbocycles. The molecule has 2 N–H and O–H groups in total. The Kier molecular flexibility index (Phi) is 2.95. The molecule has 19 heavy (non-hydrogen) atoms. The fraction of sp³-hybridized carbons (Fsp3) is 0.100. The van der Waals surface area contributed by atoms with Gasteiger partial charge in [-0.05, 0) is 17.3 Å². The van der Waals surface area contributed by atoms with Gasteiger partial charge in [0.05, 0.1) is 0 Å². The second-order valence-corrected chi connectivity index (χ2v) is 4.60. The van der Waals surface area contributed by atoms with Crippen LogP contribution in [0.4, 0.5) is 0 Å². The zero-order chi connectivity index (χ0) is 13.2. The van der Waals surface area contributed by atoms with Crippen molar-refractivity contribution in [2.45, 2.75) is 6.54 Å². The molecule has 0 bridgehead atoms. The normalized spacial score (nSPS) is 10.8. The van der Waals surface area contributed by atoms with Crippen molar-refractivity contribution in [1.29, 1.82) is 0 Å². The van der Waals surface area contributed by atoms with Gasteiger partial charge < -0.3 is 0 Å². The van der Waals surface area contributed by atoms with Crippen LogP contribution in [0.15, 0.2) is 33.5 Å². The fourth-order valence-corrected chi connectivity index (χ4v) is 2.04.